The average Bonchev–Trinajstić information content (AvgIpc) is 2.80. The van der Waals surface area contributed by atoms with Crippen LogP contribution in [0.5, 0.6) is 11.5 Å². The molecule has 3 heterocycles. The van der Waals surface area contributed by atoms with Crippen molar-refractivity contribution in [3.8, 4) is 11.5 Å². The number of rotatable bonds is 3. The highest BCUT2D eigenvalue weighted by molar-refractivity contribution is 6.01. The monoisotopic (exact) mass is 433 g/mol. The number of urea groups is 1. The van der Waals surface area contributed by atoms with Crippen molar-refractivity contribution in [1.82, 2.24) is 9.88 Å². The van der Waals surface area contributed by atoms with Crippen molar-refractivity contribution >= 4 is 34.1 Å². The number of fused-ring (bicyclic) bond motifs is 2. The molecule has 166 valence electrons. The molecule has 0 radical (unpaired) electrons. The van der Waals surface area contributed by atoms with Gasteiger partial charge < -0.3 is 29.9 Å². The summed E-state index contributed by atoms with van der Waals surface area (Å²) in [5, 5.41) is 6.78. The lowest BCUT2D eigenvalue weighted by atomic mass is 10.1. The second-order valence-corrected chi connectivity index (χ2v) is 8.26. The molecular weight excluding hydrogens is 406 g/mol. The van der Waals surface area contributed by atoms with Crippen LogP contribution >= 0.6 is 0 Å². The van der Waals surface area contributed by atoms with Gasteiger partial charge in [-0.1, -0.05) is 0 Å². The van der Waals surface area contributed by atoms with Crippen molar-refractivity contribution in [3.63, 3.8) is 0 Å². The summed E-state index contributed by atoms with van der Waals surface area (Å²) in [5.74, 6) is 2.34. The molecule has 2 aliphatic heterocycles. The molecule has 0 saturated carbocycles. The van der Waals surface area contributed by atoms with Crippen LogP contribution in [0, 0.1) is 6.92 Å². The van der Waals surface area contributed by atoms with E-state index in [1.165, 1.54) is 0 Å². The SMILES string of the molecule is Cc1cc(N2CCN(C)CC2)nc2ccc(NC(=O)Nc3ccc4c(c3)OCCO4)cc12. The Labute approximate surface area is 187 Å². The first-order chi connectivity index (χ1) is 15.5. The Balaban J connectivity index is 1.30. The minimum Gasteiger partial charge on any atom is -0.486 e. The van der Waals surface area contributed by atoms with Gasteiger partial charge in [0, 0.05) is 49.0 Å². The molecule has 0 unspecified atom stereocenters. The van der Waals surface area contributed by atoms with Crippen LogP contribution in [0.1, 0.15) is 5.56 Å². The molecule has 1 fully saturated rings. The van der Waals surface area contributed by atoms with E-state index in [4.69, 9.17) is 14.5 Å². The molecule has 8 nitrogen and oxygen atoms in total. The van der Waals surface area contributed by atoms with Crippen LogP contribution in [0.4, 0.5) is 22.0 Å². The summed E-state index contributed by atoms with van der Waals surface area (Å²) in [6, 6.07) is 13.0. The standard InChI is InChI=1S/C24H27N5O3/c1-16-13-23(29-9-7-28(2)8-10-29)27-20-5-3-17(14-19(16)20)25-24(30)26-18-4-6-21-22(15-18)32-12-11-31-21/h3-6,13-15H,7-12H2,1-2H3,(H2,25,26,30). The molecule has 1 aromatic heterocycles. The van der Waals surface area contributed by atoms with Gasteiger partial charge in [0.25, 0.3) is 0 Å². The van der Waals surface area contributed by atoms with Crippen molar-refractivity contribution < 1.29 is 14.3 Å². The lowest BCUT2D eigenvalue weighted by Gasteiger charge is -2.33. The topological polar surface area (TPSA) is 79.0 Å². The number of anilines is 3. The Morgan fingerprint density at radius 1 is 0.906 bits per heavy atom. The molecule has 0 aliphatic carbocycles. The highest BCUT2D eigenvalue weighted by Crippen LogP contribution is 2.32. The number of hydrogen-bond acceptors (Lipinski definition) is 6. The smallest absolute Gasteiger partial charge is 0.323 e. The van der Waals surface area contributed by atoms with E-state index in [1.807, 2.05) is 18.2 Å². The molecular formula is C24H27N5O3. The number of nitrogens with zero attached hydrogens (tertiary/aromatic N) is 3. The second kappa shape index (κ2) is 8.55. The number of amides is 2. The number of benzene rings is 2. The quantitative estimate of drug-likeness (QED) is 0.656. The van der Waals surface area contributed by atoms with E-state index in [9.17, 15) is 4.79 Å². The number of aryl methyl sites for hydroxylation is 1. The van der Waals surface area contributed by atoms with Crippen LogP contribution in [0.2, 0.25) is 0 Å². The first-order valence-electron chi connectivity index (χ1n) is 10.9. The third-order valence-corrected chi connectivity index (χ3v) is 5.89. The predicted octanol–water partition coefficient (Wildman–Crippen LogP) is 3.71. The number of likely N-dealkylation sites (N-methyl/N-ethyl adjacent to an activating group) is 1. The van der Waals surface area contributed by atoms with Gasteiger partial charge in [0.05, 0.1) is 5.52 Å². The molecule has 2 amide bonds. The van der Waals surface area contributed by atoms with Gasteiger partial charge >= 0.3 is 6.03 Å². The van der Waals surface area contributed by atoms with Crippen LogP contribution in [-0.2, 0) is 0 Å². The Morgan fingerprint density at radius 2 is 1.59 bits per heavy atom. The molecule has 0 atom stereocenters. The number of hydrogen-bond donors (Lipinski definition) is 2. The van der Waals surface area contributed by atoms with Gasteiger partial charge in [0.15, 0.2) is 11.5 Å². The predicted molar refractivity (Wildman–Crippen MR) is 126 cm³/mol. The zero-order valence-corrected chi connectivity index (χ0v) is 18.4. The van der Waals surface area contributed by atoms with E-state index < -0.39 is 0 Å². The Hall–Kier alpha value is -3.52. The van der Waals surface area contributed by atoms with E-state index in [0.717, 1.165) is 48.5 Å². The number of carbonyl (C=O) groups excluding carboxylic acids is 1. The second-order valence-electron chi connectivity index (χ2n) is 8.26. The molecule has 0 spiro atoms. The van der Waals surface area contributed by atoms with Gasteiger partial charge in [0.2, 0.25) is 0 Å². The number of pyridine rings is 1. The zero-order valence-electron chi connectivity index (χ0n) is 18.4. The Morgan fingerprint density at radius 3 is 2.38 bits per heavy atom. The summed E-state index contributed by atoms with van der Waals surface area (Å²) in [6.07, 6.45) is 0. The van der Waals surface area contributed by atoms with Gasteiger partial charge in [0.1, 0.15) is 19.0 Å². The summed E-state index contributed by atoms with van der Waals surface area (Å²) in [4.78, 5) is 22.1. The Kier molecular flexibility index (Phi) is 5.45. The number of aromatic nitrogens is 1. The number of carbonyl (C=O) groups is 1. The van der Waals surface area contributed by atoms with Gasteiger partial charge in [-0.05, 0) is 55.9 Å². The number of ether oxygens (including phenoxy) is 2. The van der Waals surface area contributed by atoms with Crippen molar-refractivity contribution in [2.75, 3.05) is 62.0 Å². The average molecular weight is 434 g/mol. The maximum absolute atomic E-state index is 12.5. The van der Waals surface area contributed by atoms with E-state index in [1.54, 1.807) is 18.2 Å². The lowest BCUT2D eigenvalue weighted by Crippen LogP contribution is -2.44. The van der Waals surface area contributed by atoms with E-state index in [-0.39, 0.29) is 6.03 Å². The molecule has 2 aromatic carbocycles. The summed E-state index contributed by atoms with van der Waals surface area (Å²) in [5.41, 5.74) is 3.42. The van der Waals surface area contributed by atoms with Crippen molar-refractivity contribution in [2.45, 2.75) is 6.92 Å². The van der Waals surface area contributed by atoms with E-state index in [2.05, 4.69) is 40.5 Å². The molecule has 3 aromatic rings. The molecule has 5 rings (SSSR count). The van der Waals surface area contributed by atoms with Crippen molar-refractivity contribution in [1.29, 1.82) is 0 Å². The molecule has 1 saturated heterocycles. The third-order valence-electron chi connectivity index (χ3n) is 5.89. The first-order valence-corrected chi connectivity index (χ1v) is 10.9. The first kappa shape index (κ1) is 20.4. The van der Waals surface area contributed by atoms with Crippen LogP contribution in [0.3, 0.4) is 0 Å². The number of piperazine rings is 1. The van der Waals surface area contributed by atoms with Gasteiger partial charge in [-0.25, -0.2) is 9.78 Å². The normalized spacial score (nSPS) is 16.1. The largest absolute Gasteiger partial charge is 0.486 e. The fourth-order valence-electron chi connectivity index (χ4n) is 4.07. The van der Waals surface area contributed by atoms with Crippen molar-refractivity contribution in [2.24, 2.45) is 0 Å². The summed E-state index contributed by atoms with van der Waals surface area (Å²) in [6.45, 7) is 7.17. The molecule has 2 aliphatic rings. The molecule has 32 heavy (non-hydrogen) atoms. The summed E-state index contributed by atoms with van der Waals surface area (Å²) < 4.78 is 11.1. The van der Waals surface area contributed by atoms with Crippen molar-refractivity contribution in [3.05, 3.63) is 48.0 Å². The van der Waals surface area contributed by atoms with E-state index >= 15 is 0 Å². The van der Waals surface area contributed by atoms with Gasteiger partial charge in [-0.2, -0.15) is 0 Å². The van der Waals surface area contributed by atoms with E-state index in [0.29, 0.717) is 36.1 Å². The van der Waals surface area contributed by atoms with Crippen LogP contribution in [0.15, 0.2) is 42.5 Å². The highest BCUT2D eigenvalue weighted by Gasteiger charge is 2.17. The van der Waals surface area contributed by atoms with Gasteiger partial charge in [-0.15, -0.1) is 0 Å². The molecule has 2 N–H and O–H groups in total. The van der Waals surface area contributed by atoms with Gasteiger partial charge in [-0.3, -0.25) is 0 Å². The molecule has 0 bridgehead atoms. The van der Waals surface area contributed by atoms with Crippen LogP contribution in [0.25, 0.3) is 10.9 Å². The lowest BCUT2D eigenvalue weighted by molar-refractivity contribution is 0.171. The maximum Gasteiger partial charge on any atom is 0.323 e. The van der Waals surface area contributed by atoms with Crippen LogP contribution in [-0.4, -0.2) is 62.4 Å². The minimum absolute atomic E-state index is 0.319. The fourth-order valence-corrected chi connectivity index (χ4v) is 4.07. The molecule has 8 heteroatoms. The summed E-state index contributed by atoms with van der Waals surface area (Å²) in [7, 11) is 2.15. The third kappa shape index (κ3) is 4.27. The fraction of sp³-hybridized carbons (Fsp3) is 0.333. The zero-order chi connectivity index (χ0) is 22.1. The number of nitrogens with one attached hydrogen (secondary N) is 2. The van der Waals surface area contributed by atoms with Crippen LogP contribution < -0.4 is 25.0 Å². The Bertz CT molecular complexity index is 1160. The minimum atomic E-state index is -0.319. The summed E-state index contributed by atoms with van der Waals surface area (Å²) >= 11 is 0. The maximum atomic E-state index is 12.5. The highest BCUT2D eigenvalue weighted by atomic mass is 16.6.